The summed E-state index contributed by atoms with van der Waals surface area (Å²) < 4.78 is 0. The zero-order valence-corrected chi connectivity index (χ0v) is 31.4. The van der Waals surface area contributed by atoms with E-state index in [1.54, 1.807) is 0 Å². The molecule has 0 radical (unpaired) electrons. The summed E-state index contributed by atoms with van der Waals surface area (Å²) in [6.45, 7) is 16.3. The van der Waals surface area contributed by atoms with Crippen LogP contribution in [0.4, 0.5) is 0 Å². The minimum Gasteiger partial charge on any atom is -0.336 e. The van der Waals surface area contributed by atoms with Gasteiger partial charge in [0.25, 0.3) is 0 Å². The van der Waals surface area contributed by atoms with Gasteiger partial charge in [-0.1, -0.05) is 149 Å². The molecule has 0 fully saturated rings. The van der Waals surface area contributed by atoms with E-state index in [1.165, 1.54) is 105 Å². The molecule has 3 aliphatic rings. The molecule has 0 saturated carbocycles. The average Bonchev–Trinajstić information content (AvgIpc) is 3.68. The zero-order valence-electron chi connectivity index (χ0n) is 31.4. The first-order valence-electron chi connectivity index (χ1n) is 19.4. The van der Waals surface area contributed by atoms with Crippen LogP contribution < -0.4 is 0 Å². The van der Waals surface area contributed by atoms with Crippen LogP contribution >= 0.6 is 0 Å². The summed E-state index contributed by atoms with van der Waals surface area (Å²) in [6.07, 6.45) is 8.04. The molecule has 7 aromatic carbocycles. The van der Waals surface area contributed by atoms with E-state index in [4.69, 9.17) is 6.92 Å². The molecule has 0 nitrogen and oxygen atoms in total. The fourth-order valence-corrected chi connectivity index (χ4v) is 10.5. The van der Waals surface area contributed by atoms with E-state index in [0.717, 1.165) is 6.42 Å². The number of fused-ring (bicyclic) bond motifs is 8. The zero-order chi connectivity index (χ0) is 36.2. The van der Waals surface area contributed by atoms with Crippen LogP contribution in [0.3, 0.4) is 0 Å². The summed E-state index contributed by atoms with van der Waals surface area (Å²) >= 11 is 0. The van der Waals surface area contributed by atoms with E-state index in [1.807, 2.05) is 0 Å². The summed E-state index contributed by atoms with van der Waals surface area (Å²) in [5.74, 6) is 0.963. The molecule has 53 heavy (non-hydrogen) atoms. The van der Waals surface area contributed by atoms with E-state index >= 15 is 0 Å². The number of rotatable bonds is 4. The molecule has 0 amide bonds. The summed E-state index contributed by atoms with van der Waals surface area (Å²) in [5, 5.41) is 5.44. The number of hydrogen-bond donors (Lipinski definition) is 0. The monoisotopic (exact) mass is 681 g/mol. The van der Waals surface area contributed by atoms with Gasteiger partial charge in [-0.25, -0.2) is 0 Å². The lowest BCUT2D eigenvalue weighted by Gasteiger charge is -2.32. The van der Waals surface area contributed by atoms with Gasteiger partial charge in [-0.05, 0) is 148 Å². The predicted octanol–water partition coefficient (Wildman–Crippen LogP) is 14.8. The van der Waals surface area contributed by atoms with E-state index in [2.05, 4.69) is 174 Å². The lowest BCUT2D eigenvalue weighted by atomic mass is 9.76. The Bertz CT molecular complexity index is 2700. The van der Waals surface area contributed by atoms with Crippen molar-refractivity contribution in [2.45, 2.75) is 52.4 Å². The first-order valence-corrected chi connectivity index (χ1v) is 19.4. The summed E-state index contributed by atoms with van der Waals surface area (Å²) in [7, 11) is 0. The minimum atomic E-state index is 0.0846. The van der Waals surface area contributed by atoms with Crippen LogP contribution in [-0.2, 0) is 5.41 Å². The summed E-state index contributed by atoms with van der Waals surface area (Å²) in [5.41, 5.74) is 20.6. The van der Waals surface area contributed by atoms with Crippen molar-refractivity contribution in [3.63, 3.8) is 0 Å². The normalized spacial score (nSPS) is 18.3. The second kappa shape index (κ2) is 11.8. The predicted molar refractivity (Wildman–Crippen MR) is 228 cm³/mol. The number of benzene rings is 7. The molecule has 3 atom stereocenters. The first-order chi connectivity index (χ1) is 25.8. The molecule has 0 saturated heterocycles. The SMILES string of the molecule is [CH2-]C1C=CC=C2c3c(c(-c4ccccc4)c4c(cc5c6c(cccc64)-c4cc(-c6cccc(C(C)(C)C)c6C)ccc4-5)c3-c3ccccc3)C(CC)C21. The van der Waals surface area contributed by atoms with Crippen LogP contribution in [0.25, 0.3) is 82.8 Å². The van der Waals surface area contributed by atoms with Crippen molar-refractivity contribution in [1.82, 2.24) is 0 Å². The topological polar surface area (TPSA) is 0 Å². The Balaban J connectivity index is 1.34. The van der Waals surface area contributed by atoms with Crippen molar-refractivity contribution in [3.05, 3.63) is 169 Å². The second-order valence-corrected chi connectivity index (χ2v) is 16.5. The van der Waals surface area contributed by atoms with Gasteiger partial charge in [0.2, 0.25) is 0 Å². The fourth-order valence-electron chi connectivity index (χ4n) is 10.5. The van der Waals surface area contributed by atoms with Crippen molar-refractivity contribution in [1.29, 1.82) is 0 Å². The molecule has 0 aromatic heterocycles. The van der Waals surface area contributed by atoms with Crippen molar-refractivity contribution in [3.8, 4) is 55.6 Å². The quantitative estimate of drug-likeness (QED) is 0.128. The standard InChI is InChI=1S/C53H45/c1-7-36-46-31(2)17-14-24-40(46)52-47(33-18-10-8-11-19-33)44-30-43-38-28-27-35(37-22-16-26-45(32(37)3)53(4,5)6)29-42(38)39-23-15-25-41(49(39)43)50(44)48(51(36)52)34-20-12-9-13-21-34/h8-31,36,46H,2,7H2,1,3-6H3/q-1. The van der Waals surface area contributed by atoms with Gasteiger partial charge in [-0.2, -0.15) is 0 Å². The van der Waals surface area contributed by atoms with Crippen molar-refractivity contribution >= 4 is 27.1 Å². The van der Waals surface area contributed by atoms with E-state index in [0.29, 0.717) is 11.8 Å². The Morgan fingerprint density at radius 2 is 1.28 bits per heavy atom. The molecule has 0 bridgehead atoms. The van der Waals surface area contributed by atoms with Crippen LogP contribution in [0.2, 0.25) is 0 Å². The van der Waals surface area contributed by atoms with E-state index in [-0.39, 0.29) is 11.3 Å². The Morgan fingerprint density at radius 1 is 0.585 bits per heavy atom. The molecule has 0 N–H and O–H groups in total. The first kappa shape index (κ1) is 32.2. The Kier molecular flexibility index (Phi) is 7.16. The number of hydrogen-bond acceptors (Lipinski definition) is 0. The maximum absolute atomic E-state index is 4.73. The van der Waals surface area contributed by atoms with Crippen LogP contribution in [0.15, 0.2) is 140 Å². The van der Waals surface area contributed by atoms with Gasteiger partial charge in [0, 0.05) is 0 Å². The summed E-state index contributed by atoms with van der Waals surface area (Å²) in [6, 6.07) is 46.1. The highest BCUT2D eigenvalue weighted by molar-refractivity contribution is 6.29. The van der Waals surface area contributed by atoms with Crippen molar-refractivity contribution in [2.24, 2.45) is 11.8 Å². The van der Waals surface area contributed by atoms with Gasteiger partial charge < -0.3 is 6.92 Å². The van der Waals surface area contributed by atoms with Gasteiger partial charge in [0.15, 0.2) is 0 Å². The minimum absolute atomic E-state index is 0.0846. The van der Waals surface area contributed by atoms with Gasteiger partial charge in [-0.15, -0.1) is 12.0 Å². The highest BCUT2D eigenvalue weighted by Crippen LogP contribution is 2.62. The molecule has 0 heterocycles. The lowest BCUT2D eigenvalue weighted by molar-refractivity contribution is 0.464. The van der Waals surface area contributed by atoms with Crippen LogP contribution in [0.5, 0.6) is 0 Å². The number of allylic oxidation sites excluding steroid dienone is 4. The second-order valence-electron chi connectivity index (χ2n) is 16.5. The highest BCUT2D eigenvalue weighted by atomic mass is 14.5. The maximum Gasteiger partial charge on any atom is -0.00166 e. The third-order valence-corrected chi connectivity index (χ3v) is 12.6. The van der Waals surface area contributed by atoms with Gasteiger partial charge in [0.05, 0.1) is 0 Å². The summed E-state index contributed by atoms with van der Waals surface area (Å²) in [4.78, 5) is 0. The van der Waals surface area contributed by atoms with Crippen molar-refractivity contribution in [2.75, 3.05) is 0 Å². The van der Waals surface area contributed by atoms with Gasteiger partial charge >= 0.3 is 0 Å². The molecule has 0 heteroatoms. The molecule has 258 valence electrons. The highest BCUT2D eigenvalue weighted by Gasteiger charge is 2.42. The lowest BCUT2D eigenvalue weighted by Crippen LogP contribution is -2.16. The molecule has 0 aliphatic heterocycles. The molecular formula is C53H45-. The Labute approximate surface area is 314 Å². The molecule has 7 aromatic rings. The van der Waals surface area contributed by atoms with Crippen LogP contribution in [0.1, 0.15) is 62.3 Å². The fraction of sp³-hybridized carbons (Fsp3) is 0.189. The smallest absolute Gasteiger partial charge is 0.00166 e. The Hall–Kier alpha value is -5.46. The third-order valence-electron chi connectivity index (χ3n) is 12.6. The van der Waals surface area contributed by atoms with Gasteiger partial charge in [-0.3, -0.25) is 0 Å². The average molecular weight is 682 g/mol. The molecule has 3 unspecified atom stereocenters. The Morgan fingerprint density at radius 3 is 2.00 bits per heavy atom. The maximum atomic E-state index is 4.73. The van der Waals surface area contributed by atoms with Crippen LogP contribution in [0, 0.1) is 25.7 Å². The molecule has 0 spiro atoms. The van der Waals surface area contributed by atoms with Crippen LogP contribution in [-0.4, -0.2) is 0 Å². The van der Waals surface area contributed by atoms with E-state index in [9.17, 15) is 0 Å². The van der Waals surface area contributed by atoms with Gasteiger partial charge in [0.1, 0.15) is 0 Å². The molecule has 10 rings (SSSR count). The molecule has 3 aliphatic carbocycles. The third kappa shape index (κ3) is 4.61. The van der Waals surface area contributed by atoms with Crippen molar-refractivity contribution < 1.29 is 0 Å². The molecular weight excluding hydrogens is 637 g/mol. The van der Waals surface area contributed by atoms with E-state index < -0.39 is 0 Å². The largest absolute Gasteiger partial charge is 0.336 e.